The Kier molecular flexibility index (Phi) is 4.65. The number of nitrogens with one attached hydrogen (secondary N) is 1. The van der Waals surface area contributed by atoms with Gasteiger partial charge in [0.2, 0.25) is 0 Å². The SMILES string of the molecule is c1cc(CNCc2cccc3c2OCCO3)cc(Cn2ccnc2)c1. The van der Waals surface area contributed by atoms with Crippen molar-refractivity contribution >= 4 is 0 Å². The fourth-order valence-electron chi connectivity index (χ4n) is 3.04. The Morgan fingerprint density at radius 3 is 2.80 bits per heavy atom. The fourth-order valence-corrected chi connectivity index (χ4v) is 3.04. The van der Waals surface area contributed by atoms with Crippen molar-refractivity contribution < 1.29 is 9.47 Å². The van der Waals surface area contributed by atoms with Crippen LogP contribution in [-0.4, -0.2) is 22.8 Å². The molecular weight excluding hydrogens is 314 g/mol. The quantitative estimate of drug-likeness (QED) is 0.752. The van der Waals surface area contributed by atoms with Gasteiger partial charge in [-0.05, 0) is 17.2 Å². The van der Waals surface area contributed by atoms with Gasteiger partial charge in [-0.25, -0.2) is 4.98 Å². The van der Waals surface area contributed by atoms with Gasteiger partial charge in [-0.3, -0.25) is 0 Å². The number of hydrogen-bond acceptors (Lipinski definition) is 4. The van der Waals surface area contributed by atoms with Gasteiger partial charge in [0, 0.05) is 37.6 Å². The molecule has 5 heteroatoms. The van der Waals surface area contributed by atoms with E-state index in [4.69, 9.17) is 9.47 Å². The van der Waals surface area contributed by atoms with Crippen molar-refractivity contribution in [1.29, 1.82) is 0 Å². The van der Waals surface area contributed by atoms with Crippen LogP contribution in [-0.2, 0) is 19.6 Å². The number of imidazole rings is 1. The van der Waals surface area contributed by atoms with Gasteiger partial charge < -0.3 is 19.4 Å². The van der Waals surface area contributed by atoms with Crippen molar-refractivity contribution in [2.24, 2.45) is 0 Å². The first-order valence-corrected chi connectivity index (χ1v) is 8.50. The maximum atomic E-state index is 5.76. The Morgan fingerprint density at radius 2 is 1.88 bits per heavy atom. The Balaban J connectivity index is 1.37. The van der Waals surface area contributed by atoms with Crippen LogP contribution in [0.5, 0.6) is 11.5 Å². The second-order valence-corrected chi connectivity index (χ2v) is 6.10. The van der Waals surface area contributed by atoms with Crippen LogP contribution >= 0.6 is 0 Å². The van der Waals surface area contributed by atoms with E-state index < -0.39 is 0 Å². The first-order chi connectivity index (χ1) is 12.4. The zero-order valence-electron chi connectivity index (χ0n) is 14.0. The molecule has 0 bridgehead atoms. The number of rotatable bonds is 6. The van der Waals surface area contributed by atoms with Crippen LogP contribution in [0.3, 0.4) is 0 Å². The largest absolute Gasteiger partial charge is 0.486 e. The van der Waals surface area contributed by atoms with Crippen molar-refractivity contribution in [3.63, 3.8) is 0 Å². The van der Waals surface area contributed by atoms with Crippen molar-refractivity contribution in [2.75, 3.05) is 13.2 Å². The number of nitrogens with zero attached hydrogens (tertiary/aromatic N) is 2. The van der Waals surface area contributed by atoms with E-state index in [-0.39, 0.29) is 0 Å². The smallest absolute Gasteiger partial charge is 0.165 e. The van der Waals surface area contributed by atoms with Crippen LogP contribution in [0.15, 0.2) is 61.2 Å². The summed E-state index contributed by atoms with van der Waals surface area (Å²) in [5, 5.41) is 3.50. The third kappa shape index (κ3) is 3.83. The highest BCUT2D eigenvalue weighted by Gasteiger charge is 2.14. The van der Waals surface area contributed by atoms with Gasteiger partial charge >= 0.3 is 0 Å². The van der Waals surface area contributed by atoms with E-state index in [1.807, 2.05) is 24.7 Å². The molecule has 0 fully saturated rings. The second-order valence-electron chi connectivity index (χ2n) is 6.10. The summed E-state index contributed by atoms with van der Waals surface area (Å²) in [6.45, 7) is 3.62. The summed E-state index contributed by atoms with van der Waals surface area (Å²) in [5.41, 5.74) is 3.66. The monoisotopic (exact) mass is 335 g/mol. The minimum atomic E-state index is 0.611. The predicted molar refractivity (Wildman–Crippen MR) is 95.7 cm³/mol. The molecule has 128 valence electrons. The van der Waals surface area contributed by atoms with Crippen molar-refractivity contribution in [2.45, 2.75) is 19.6 Å². The molecule has 0 aliphatic carbocycles. The summed E-state index contributed by atoms with van der Waals surface area (Å²) in [6.07, 6.45) is 5.62. The highest BCUT2D eigenvalue weighted by atomic mass is 16.6. The Bertz CT molecular complexity index is 831. The van der Waals surface area contributed by atoms with Crippen LogP contribution in [0.1, 0.15) is 16.7 Å². The molecule has 5 nitrogen and oxygen atoms in total. The van der Waals surface area contributed by atoms with Gasteiger partial charge in [-0.1, -0.05) is 36.4 Å². The lowest BCUT2D eigenvalue weighted by molar-refractivity contribution is 0.169. The molecule has 1 N–H and O–H groups in total. The van der Waals surface area contributed by atoms with Gasteiger partial charge in [0.1, 0.15) is 13.2 Å². The molecule has 0 unspecified atom stereocenters. The van der Waals surface area contributed by atoms with Crippen LogP contribution in [0.4, 0.5) is 0 Å². The van der Waals surface area contributed by atoms with Crippen molar-refractivity contribution in [3.05, 3.63) is 77.9 Å². The van der Waals surface area contributed by atoms with Crippen LogP contribution < -0.4 is 14.8 Å². The lowest BCUT2D eigenvalue weighted by Crippen LogP contribution is -2.19. The van der Waals surface area contributed by atoms with E-state index in [1.165, 1.54) is 11.1 Å². The summed E-state index contributed by atoms with van der Waals surface area (Å²) < 4.78 is 13.5. The second kappa shape index (κ2) is 7.40. The number of benzene rings is 2. The van der Waals surface area contributed by atoms with Crippen LogP contribution in [0.2, 0.25) is 0 Å². The molecule has 0 atom stereocenters. The van der Waals surface area contributed by atoms with E-state index in [0.29, 0.717) is 13.2 Å². The molecule has 1 aliphatic rings. The number of para-hydroxylation sites is 1. The number of hydrogen-bond donors (Lipinski definition) is 1. The molecule has 25 heavy (non-hydrogen) atoms. The lowest BCUT2D eigenvalue weighted by atomic mass is 10.1. The Hall–Kier alpha value is -2.79. The number of aromatic nitrogens is 2. The summed E-state index contributed by atoms with van der Waals surface area (Å²) in [7, 11) is 0. The van der Waals surface area contributed by atoms with Crippen LogP contribution in [0, 0.1) is 0 Å². The van der Waals surface area contributed by atoms with E-state index in [0.717, 1.165) is 36.7 Å². The standard InChI is InChI=1S/C20H21N3O2/c1-3-16(11-17(4-1)14-23-8-7-21-15-23)12-22-13-18-5-2-6-19-20(18)25-10-9-24-19/h1-8,11,15,22H,9-10,12-14H2. The van der Waals surface area contributed by atoms with Crippen LogP contribution in [0.25, 0.3) is 0 Å². The van der Waals surface area contributed by atoms with E-state index in [2.05, 4.69) is 45.2 Å². The summed E-state index contributed by atoms with van der Waals surface area (Å²) in [5.74, 6) is 1.71. The highest BCUT2D eigenvalue weighted by molar-refractivity contribution is 5.47. The summed E-state index contributed by atoms with van der Waals surface area (Å²) >= 11 is 0. The van der Waals surface area contributed by atoms with Crippen molar-refractivity contribution in [3.8, 4) is 11.5 Å². The van der Waals surface area contributed by atoms with E-state index >= 15 is 0 Å². The van der Waals surface area contributed by atoms with Gasteiger partial charge in [0.25, 0.3) is 0 Å². The zero-order chi connectivity index (χ0) is 16.9. The minimum Gasteiger partial charge on any atom is -0.486 e. The van der Waals surface area contributed by atoms with Gasteiger partial charge in [0.15, 0.2) is 11.5 Å². The zero-order valence-corrected chi connectivity index (χ0v) is 14.0. The third-order valence-electron chi connectivity index (χ3n) is 4.21. The van der Waals surface area contributed by atoms with Gasteiger partial charge in [-0.15, -0.1) is 0 Å². The predicted octanol–water partition coefficient (Wildman–Crippen LogP) is 2.99. The Labute approximate surface area is 147 Å². The molecule has 1 aliphatic heterocycles. The van der Waals surface area contributed by atoms with E-state index in [1.54, 1.807) is 6.20 Å². The maximum Gasteiger partial charge on any atom is 0.165 e. The highest BCUT2D eigenvalue weighted by Crippen LogP contribution is 2.33. The minimum absolute atomic E-state index is 0.611. The average Bonchev–Trinajstić information content (AvgIpc) is 3.15. The average molecular weight is 335 g/mol. The first-order valence-electron chi connectivity index (χ1n) is 8.50. The Morgan fingerprint density at radius 1 is 1.00 bits per heavy atom. The summed E-state index contributed by atoms with van der Waals surface area (Å²) in [6, 6.07) is 14.7. The molecule has 2 aromatic carbocycles. The third-order valence-corrected chi connectivity index (χ3v) is 4.21. The van der Waals surface area contributed by atoms with Gasteiger partial charge in [-0.2, -0.15) is 0 Å². The molecular formula is C20H21N3O2. The molecule has 2 heterocycles. The first kappa shape index (κ1) is 15.7. The molecule has 0 saturated heterocycles. The normalized spacial score (nSPS) is 13.0. The number of ether oxygens (including phenoxy) is 2. The van der Waals surface area contributed by atoms with Crippen molar-refractivity contribution in [1.82, 2.24) is 14.9 Å². The van der Waals surface area contributed by atoms with E-state index in [9.17, 15) is 0 Å². The molecule has 3 aromatic rings. The topological polar surface area (TPSA) is 48.3 Å². The molecule has 4 rings (SSSR count). The fraction of sp³-hybridized carbons (Fsp3) is 0.250. The van der Waals surface area contributed by atoms with Gasteiger partial charge in [0.05, 0.1) is 6.33 Å². The molecule has 0 saturated carbocycles. The molecule has 0 amide bonds. The maximum absolute atomic E-state index is 5.76. The lowest BCUT2D eigenvalue weighted by Gasteiger charge is -2.21. The number of fused-ring (bicyclic) bond motifs is 1. The molecule has 0 spiro atoms. The summed E-state index contributed by atoms with van der Waals surface area (Å²) in [4.78, 5) is 4.09. The molecule has 1 aromatic heterocycles. The molecule has 0 radical (unpaired) electrons.